The zero-order chi connectivity index (χ0) is 20.3. The number of esters is 1. The first-order valence-electron chi connectivity index (χ1n) is 8.17. The second-order valence-corrected chi connectivity index (χ2v) is 5.76. The second-order valence-electron chi connectivity index (χ2n) is 5.76. The molecule has 142 valence electrons. The molecule has 2 aromatic heterocycles. The highest BCUT2D eigenvalue weighted by atomic mass is 19.1. The van der Waals surface area contributed by atoms with E-state index in [0.717, 1.165) is 12.1 Å². The fourth-order valence-electron chi connectivity index (χ4n) is 2.71. The van der Waals surface area contributed by atoms with Crippen LogP contribution in [0.25, 0.3) is 5.88 Å². The van der Waals surface area contributed by atoms with Gasteiger partial charge in [0.2, 0.25) is 11.7 Å². The number of hydrogen-bond donors (Lipinski definition) is 0. The van der Waals surface area contributed by atoms with Gasteiger partial charge >= 0.3 is 5.97 Å². The van der Waals surface area contributed by atoms with Gasteiger partial charge in [0, 0.05) is 12.4 Å². The Balaban J connectivity index is 1.82. The lowest BCUT2D eigenvalue weighted by atomic mass is 10.1. The van der Waals surface area contributed by atoms with Crippen LogP contribution in [0.15, 0.2) is 47.1 Å². The van der Waals surface area contributed by atoms with E-state index in [9.17, 15) is 19.2 Å². The number of methoxy groups -OCH3 is 1. The summed E-state index contributed by atoms with van der Waals surface area (Å²) in [5, 5.41) is 9.46. The van der Waals surface area contributed by atoms with Crippen molar-refractivity contribution in [3.05, 3.63) is 71.0 Å². The molecule has 0 fully saturated rings. The van der Waals surface area contributed by atoms with Gasteiger partial charge in [-0.05, 0) is 37.3 Å². The number of halogens is 1. The Morgan fingerprint density at radius 3 is 2.64 bits per heavy atom. The van der Waals surface area contributed by atoms with Crippen LogP contribution in [0.5, 0.6) is 5.75 Å². The normalized spacial score (nSPS) is 10.4. The number of aryl methyl sites for hydroxylation is 1. The number of benzene rings is 1. The summed E-state index contributed by atoms with van der Waals surface area (Å²) in [5.74, 6) is -1.63. The molecular formula is C20H15FN2O5. The molecular weight excluding hydrogens is 367 g/mol. The van der Waals surface area contributed by atoms with Gasteiger partial charge in [0.05, 0.1) is 12.7 Å². The molecule has 0 aliphatic carbocycles. The van der Waals surface area contributed by atoms with Crippen LogP contribution in [0.2, 0.25) is 0 Å². The highest BCUT2D eigenvalue weighted by Gasteiger charge is 2.26. The summed E-state index contributed by atoms with van der Waals surface area (Å²) in [6, 6.07) is 8.87. The van der Waals surface area contributed by atoms with Crippen LogP contribution in [0.1, 0.15) is 32.0 Å². The first kappa shape index (κ1) is 18.9. The lowest BCUT2D eigenvalue weighted by Gasteiger charge is -2.08. The smallest absolute Gasteiger partial charge is 0.343 e. The minimum absolute atomic E-state index is 0.00511. The standard InChI is InChI=1S/C20H15FN2O5/c1-12-18(15(10-22)19(28-12)23-7-3-4-8-23)20(25)27-11-16(24)14-9-13(21)5-6-17(14)26-2/h3-9H,11H2,1-2H3. The van der Waals surface area contributed by atoms with Gasteiger partial charge in [-0.15, -0.1) is 0 Å². The number of furan rings is 1. The molecule has 1 aromatic carbocycles. The molecule has 2 heterocycles. The largest absolute Gasteiger partial charge is 0.496 e. The number of aromatic nitrogens is 1. The molecule has 0 saturated carbocycles. The van der Waals surface area contributed by atoms with Gasteiger partial charge in [-0.3, -0.25) is 9.36 Å². The third-order valence-corrected chi connectivity index (χ3v) is 4.02. The summed E-state index contributed by atoms with van der Waals surface area (Å²) in [5.41, 5.74) is -0.118. The van der Waals surface area contributed by atoms with E-state index >= 15 is 0 Å². The number of Topliss-reactive ketones (excluding diaryl/α,β-unsaturated/α-hetero) is 1. The van der Waals surface area contributed by atoms with E-state index in [1.54, 1.807) is 29.1 Å². The Hall–Kier alpha value is -3.86. The van der Waals surface area contributed by atoms with Gasteiger partial charge in [-0.1, -0.05) is 0 Å². The molecule has 0 bridgehead atoms. The van der Waals surface area contributed by atoms with E-state index in [4.69, 9.17) is 13.9 Å². The van der Waals surface area contributed by atoms with Crippen molar-refractivity contribution in [3.63, 3.8) is 0 Å². The molecule has 0 saturated heterocycles. The van der Waals surface area contributed by atoms with Crippen LogP contribution in [-0.2, 0) is 4.74 Å². The first-order chi connectivity index (χ1) is 13.5. The number of ether oxygens (including phenoxy) is 2. The lowest BCUT2D eigenvalue weighted by Crippen LogP contribution is -2.16. The molecule has 3 aromatic rings. The van der Waals surface area contributed by atoms with Crippen molar-refractivity contribution < 1.29 is 27.9 Å². The zero-order valence-electron chi connectivity index (χ0n) is 15.1. The predicted molar refractivity (Wildman–Crippen MR) is 95.1 cm³/mol. The van der Waals surface area contributed by atoms with E-state index in [1.807, 2.05) is 6.07 Å². The average Bonchev–Trinajstić information content (AvgIpc) is 3.33. The maximum Gasteiger partial charge on any atom is 0.343 e. The van der Waals surface area contributed by atoms with E-state index in [-0.39, 0.29) is 34.1 Å². The molecule has 0 unspecified atom stereocenters. The van der Waals surface area contributed by atoms with Crippen molar-refractivity contribution >= 4 is 11.8 Å². The van der Waals surface area contributed by atoms with Crippen molar-refractivity contribution in [3.8, 4) is 17.7 Å². The summed E-state index contributed by atoms with van der Waals surface area (Å²) < 4.78 is 30.6. The van der Waals surface area contributed by atoms with Crippen LogP contribution in [0.4, 0.5) is 4.39 Å². The van der Waals surface area contributed by atoms with Crippen LogP contribution in [0.3, 0.4) is 0 Å². The van der Waals surface area contributed by atoms with Crippen molar-refractivity contribution in [2.75, 3.05) is 13.7 Å². The quantitative estimate of drug-likeness (QED) is 0.479. The minimum Gasteiger partial charge on any atom is -0.496 e. The summed E-state index contributed by atoms with van der Waals surface area (Å²) in [4.78, 5) is 24.8. The van der Waals surface area contributed by atoms with Gasteiger partial charge in [0.25, 0.3) is 0 Å². The van der Waals surface area contributed by atoms with Crippen LogP contribution >= 0.6 is 0 Å². The lowest BCUT2D eigenvalue weighted by molar-refractivity contribution is 0.0472. The zero-order valence-corrected chi connectivity index (χ0v) is 15.1. The number of rotatable bonds is 6. The van der Waals surface area contributed by atoms with Crippen LogP contribution < -0.4 is 4.74 Å². The van der Waals surface area contributed by atoms with Gasteiger partial charge in [0.1, 0.15) is 34.5 Å². The van der Waals surface area contributed by atoms with Gasteiger partial charge in [0.15, 0.2) is 6.61 Å². The average molecular weight is 382 g/mol. The molecule has 0 N–H and O–H groups in total. The molecule has 0 amide bonds. The summed E-state index contributed by atoms with van der Waals surface area (Å²) in [6.45, 7) is 0.870. The molecule has 7 nitrogen and oxygen atoms in total. The van der Waals surface area contributed by atoms with E-state index in [2.05, 4.69) is 0 Å². The molecule has 0 radical (unpaired) electrons. The van der Waals surface area contributed by atoms with E-state index < -0.39 is 24.2 Å². The Bertz CT molecular complexity index is 1080. The molecule has 0 aliphatic rings. The number of nitriles is 1. The maximum atomic E-state index is 13.4. The number of carbonyl (C=O) groups excluding carboxylic acids is 2. The third kappa shape index (κ3) is 3.50. The fourth-order valence-corrected chi connectivity index (χ4v) is 2.71. The molecule has 0 spiro atoms. The second kappa shape index (κ2) is 7.80. The first-order valence-corrected chi connectivity index (χ1v) is 8.17. The highest BCUT2D eigenvalue weighted by Crippen LogP contribution is 2.26. The maximum absolute atomic E-state index is 13.4. The Morgan fingerprint density at radius 2 is 2.00 bits per heavy atom. The van der Waals surface area contributed by atoms with E-state index in [1.165, 1.54) is 20.1 Å². The van der Waals surface area contributed by atoms with Crippen LogP contribution in [-0.4, -0.2) is 30.0 Å². The van der Waals surface area contributed by atoms with E-state index in [0.29, 0.717) is 0 Å². The molecule has 28 heavy (non-hydrogen) atoms. The minimum atomic E-state index is -0.889. The summed E-state index contributed by atoms with van der Waals surface area (Å²) in [6.07, 6.45) is 3.32. The highest BCUT2D eigenvalue weighted by molar-refractivity contribution is 6.02. The van der Waals surface area contributed by atoms with Crippen molar-refractivity contribution in [1.29, 1.82) is 5.26 Å². The van der Waals surface area contributed by atoms with Gasteiger partial charge < -0.3 is 13.9 Å². The Morgan fingerprint density at radius 1 is 1.29 bits per heavy atom. The Labute approximate surface area is 159 Å². The number of ketones is 1. The summed E-state index contributed by atoms with van der Waals surface area (Å²) in [7, 11) is 1.34. The number of carbonyl (C=O) groups is 2. The van der Waals surface area contributed by atoms with Gasteiger partial charge in [-0.2, -0.15) is 5.26 Å². The molecule has 3 rings (SSSR count). The molecule has 0 aliphatic heterocycles. The van der Waals surface area contributed by atoms with Crippen LogP contribution in [0, 0.1) is 24.1 Å². The Kier molecular flexibility index (Phi) is 5.27. The monoisotopic (exact) mass is 382 g/mol. The third-order valence-electron chi connectivity index (χ3n) is 4.02. The number of hydrogen-bond acceptors (Lipinski definition) is 6. The van der Waals surface area contributed by atoms with Gasteiger partial charge in [-0.25, -0.2) is 9.18 Å². The van der Waals surface area contributed by atoms with Crippen molar-refractivity contribution in [1.82, 2.24) is 4.57 Å². The summed E-state index contributed by atoms with van der Waals surface area (Å²) >= 11 is 0. The predicted octanol–water partition coefficient (Wildman–Crippen LogP) is 3.44. The van der Waals surface area contributed by atoms with Crippen molar-refractivity contribution in [2.45, 2.75) is 6.92 Å². The number of nitrogens with zero attached hydrogens (tertiary/aromatic N) is 2. The topological polar surface area (TPSA) is 94.5 Å². The van der Waals surface area contributed by atoms with Crippen molar-refractivity contribution in [2.24, 2.45) is 0 Å². The fraction of sp³-hybridized carbons (Fsp3) is 0.150. The molecule has 8 heteroatoms. The SMILES string of the molecule is COc1ccc(F)cc1C(=O)COC(=O)c1c(C)oc(-n2cccc2)c1C#N. The molecule has 0 atom stereocenters.